The van der Waals surface area contributed by atoms with E-state index in [2.05, 4.69) is 5.10 Å². The highest BCUT2D eigenvalue weighted by molar-refractivity contribution is 6.34. The minimum absolute atomic E-state index is 0.537. The van der Waals surface area contributed by atoms with Crippen LogP contribution in [0.25, 0.3) is 10.9 Å². The predicted molar refractivity (Wildman–Crippen MR) is 61.8 cm³/mol. The molecule has 0 bridgehead atoms. The van der Waals surface area contributed by atoms with Crippen molar-refractivity contribution in [2.24, 2.45) is 7.05 Å². The summed E-state index contributed by atoms with van der Waals surface area (Å²) in [5.41, 5.74) is 1.45. The average molecular weight is 239 g/mol. The molecule has 4 nitrogen and oxygen atoms in total. The van der Waals surface area contributed by atoms with Gasteiger partial charge >= 0.3 is 5.97 Å². The number of aromatic nitrogens is 2. The Morgan fingerprint density at radius 1 is 1.56 bits per heavy atom. The fraction of sp³-hybridized carbons (Fsp3) is 0.273. The summed E-state index contributed by atoms with van der Waals surface area (Å²) in [5.74, 6) is -1.38. The molecule has 1 N–H and O–H groups in total. The zero-order valence-electron chi connectivity index (χ0n) is 8.94. The topological polar surface area (TPSA) is 55.1 Å². The van der Waals surface area contributed by atoms with Crippen LogP contribution in [0.4, 0.5) is 0 Å². The van der Waals surface area contributed by atoms with Crippen molar-refractivity contribution in [3.05, 3.63) is 28.9 Å². The van der Waals surface area contributed by atoms with Crippen molar-refractivity contribution in [1.29, 1.82) is 0 Å². The number of carbonyl (C=O) groups is 1. The zero-order chi connectivity index (χ0) is 11.9. The van der Waals surface area contributed by atoms with Gasteiger partial charge in [0.25, 0.3) is 0 Å². The first-order valence-electron chi connectivity index (χ1n) is 4.85. The third-order valence-electron chi connectivity index (χ3n) is 2.66. The Morgan fingerprint density at radius 2 is 2.25 bits per heavy atom. The van der Waals surface area contributed by atoms with E-state index >= 15 is 0 Å². The summed E-state index contributed by atoms with van der Waals surface area (Å²) in [7, 11) is 1.75. The van der Waals surface area contributed by atoms with E-state index in [9.17, 15) is 4.79 Å². The predicted octanol–water partition coefficient (Wildman–Crippen LogP) is 2.41. The van der Waals surface area contributed by atoms with Crippen LogP contribution in [0.1, 0.15) is 18.4 Å². The molecule has 5 heteroatoms. The molecule has 0 aliphatic carbocycles. The van der Waals surface area contributed by atoms with Gasteiger partial charge in [0.2, 0.25) is 0 Å². The van der Waals surface area contributed by atoms with Crippen molar-refractivity contribution in [2.75, 3.05) is 0 Å². The van der Waals surface area contributed by atoms with Gasteiger partial charge in [-0.05, 0) is 24.6 Å². The fourth-order valence-corrected chi connectivity index (χ4v) is 1.80. The molecule has 0 saturated carbocycles. The van der Waals surface area contributed by atoms with Crippen LogP contribution in [0.15, 0.2) is 18.2 Å². The second-order valence-electron chi connectivity index (χ2n) is 3.75. The molecule has 0 fully saturated rings. The highest BCUT2D eigenvalue weighted by Crippen LogP contribution is 2.26. The van der Waals surface area contributed by atoms with E-state index in [1.807, 2.05) is 0 Å². The molecule has 16 heavy (non-hydrogen) atoms. The third-order valence-corrected chi connectivity index (χ3v) is 3.10. The first-order chi connectivity index (χ1) is 7.50. The second-order valence-corrected chi connectivity index (χ2v) is 4.11. The number of fused-ring (bicyclic) bond motifs is 1. The maximum Gasteiger partial charge on any atom is 0.310 e. The molecule has 1 unspecified atom stereocenters. The smallest absolute Gasteiger partial charge is 0.310 e. The molecular formula is C11H11ClN2O2. The van der Waals surface area contributed by atoms with Crippen LogP contribution in [-0.4, -0.2) is 20.9 Å². The van der Waals surface area contributed by atoms with Crippen LogP contribution in [0, 0.1) is 0 Å². The third kappa shape index (κ3) is 1.65. The van der Waals surface area contributed by atoms with E-state index in [1.165, 1.54) is 0 Å². The summed E-state index contributed by atoms with van der Waals surface area (Å²) in [6.07, 6.45) is 0. The molecule has 1 heterocycles. The van der Waals surface area contributed by atoms with Crippen molar-refractivity contribution in [3.63, 3.8) is 0 Å². The maximum atomic E-state index is 10.9. The lowest BCUT2D eigenvalue weighted by Crippen LogP contribution is -2.06. The van der Waals surface area contributed by atoms with Crippen molar-refractivity contribution in [1.82, 2.24) is 9.78 Å². The molecule has 0 amide bonds. The van der Waals surface area contributed by atoms with E-state index in [0.29, 0.717) is 5.15 Å². The molecular weight excluding hydrogens is 228 g/mol. The fourth-order valence-electron chi connectivity index (χ4n) is 1.60. The largest absolute Gasteiger partial charge is 0.481 e. The molecule has 0 aliphatic heterocycles. The Morgan fingerprint density at radius 3 is 2.88 bits per heavy atom. The molecule has 1 aromatic heterocycles. The van der Waals surface area contributed by atoms with Gasteiger partial charge < -0.3 is 5.11 Å². The van der Waals surface area contributed by atoms with Gasteiger partial charge in [-0.1, -0.05) is 17.7 Å². The molecule has 1 aromatic carbocycles. The van der Waals surface area contributed by atoms with E-state index < -0.39 is 11.9 Å². The number of rotatable bonds is 2. The van der Waals surface area contributed by atoms with Crippen LogP contribution in [-0.2, 0) is 11.8 Å². The molecule has 0 spiro atoms. The Balaban J connectivity index is 2.56. The number of carboxylic acids is 1. The lowest BCUT2D eigenvalue weighted by Gasteiger charge is -2.05. The van der Waals surface area contributed by atoms with Crippen LogP contribution in [0.3, 0.4) is 0 Å². The van der Waals surface area contributed by atoms with Gasteiger partial charge in [-0.2, -0.15) is 5.10 Å². The highest BCUT2D eigenvalue weighted by Gasteiger charge is 2.15. The van der Waals surface area contributed by atoms with Gasteiger partial charge in [0, 0.05) is 12.4 Å². The molecule has 84 valence electrons. The van der Waals surface area contributed by atoms with Gasteiger partial charge in [-0.15, -0.1) is 0 Å². The molecule has 2 rings (SSSR count). The summed E-state index contributed by atoms with van der Waals surface area (Å²) in [6.45, 7) is 1.65. The maximum absolute atomic E-state index is 10.9. The molecule has 0 radical (unpaired) electrons. The zero-order valence-corrected chi connectivity index (χ0v) is 9.69. The Kier molecular flexibility index (Phi) is 2.59. The van der Waals surface area contributed by atoms with Crippen LogP contribution in [0.5, 0.6) is 0 Å². The van der Waals surface area contributed by atoms with Gasteiger partial charge in [-0.3, -0.25) is 9.48 Å². The summed E-state index contributed by atoms with van der Waals surface area (Å²) in [6, 6.07) is 5.34. The molecule has 0 aliphatic rings. The van der Waals surface area contributed by atoms with E-state index in [0.717, 1.165) is 16.5 Å². The summed E-state index contributed by atoms with van der Waals surface area (Å²) in [5, 5.41) is 14.5. The van der Waals surface area contributed by atoms with Gasteiger partial charge in [0.05, 0.1) is 11.4 Å². The second kappa shape index (κ2) is 3.79. The highest BCUT2D eigenvalue weighted by atomic mass is 35.5. The Bertz CT molecular complexity index is 562. The SMILES string of the molecule is CC(C(=O)O)c1ccc2c(Cl)n(C)nc2c1. The standard InChI is InChI=1S/C11H11ClN2O2/c1-6(11(15)16)7-3-4-8-9(5-7)13-14(2)10(8)12/h3-6H,1-2H3,(H,15,16). The monoisotopic (exact) mass is 238 g/mol. The molecule has 1 atom stereocenters. The number of halogens is 1. The normalized spacial score (nSPS) is 12.9. The number of hydrogen-bond acceptors (Lipinski definition) is 2. The lowest BCUT2D eigenvalue weighted by atomic mass is 10.0. The van der Waals surface area contributed by atoms with Gasteiger partial charge in [-0.25, -0.2) is 0 Å². The minimum atomic E-state index is -0.846. The summed E-state index contributed by atoms with van der Waals surface area (Å²) < 4.78 is 1.57. The lowest BCUT2D eigenvalue weighted by molar-refractivity contribution is -0.138. The van der Waals surface area contributed by atoms with E-state index in [-0.39, 0.29) is 0 Å². The number of hydrogen-bond donors (Lipinski definition) is 1. The minimum Gasteiger partial charge on any atom is -0.481 e. The quantitative estimate of drug-likeness (QED) is 0.874. The van der Waals surface area contributed by atoms with E-state index in [1.54, 1.807) is 36.9 Å². The van der Waals surface area contributed by atoms with Crippen LogP contribution < -0.4 is 0 Å². The average Bonchev–Trinajstić information content (AvgIpc) is 2.53. The van der Waals surface area contributed by atoms with Crippen LogP contribution in [0.2, 0.25) is 5.15 Å². The van der Waals surface area contributed by atoms with Crippen molar-refractivity contribution in [2.45, 2.75) is 12.8 Å². The number of aliphatic carboxylic acids is 1. The number of nitrogens with zero attached hydrogens (tertiary/aromatic N) is 2. The molecule has 2 aromatic rings. The van der Waals surface area contributed by atoms with Crippen LogP contribution >= 0.6 is 11.6 Å². The number of aryl methyl sites for hydroxylation is 1. The first-order valence-corrected chi connectivity index (χ1v) is 5.23. The Hall–Kier alpha value is -1.55. The van der Waals surface area contributed by atoms with Crippen molar-refractivity contribution < 1.29 is 9.90 Å². The Labute approximate surface area is 97.4 Å². The first kappa shape index (κ1) is 11.0. The van der Waals surface area contributed by atoms with E-state index in [4.69, 9.17) is 16.7 Å². The van der Waals surface area contributed by atoms with Gasteiger partial charge in [0.15, 0.2) is 0 Å². The van der Waals surface area contributed by atoms with Crippen molar-refractivity contribution >= 4 is 28.5 Å². The summed E-state index contributed by atoms with van der Waals surface area (Å²) >= 11 is 6.02. The number of benzene rings is 1. The number of carboxylic acid groups (broad SMARTS) is 1. The summed E-state index contributed by atoms with van der Waals surface area (Å²) in [4.78, 5) is 10.9. The molecule has 0 saturated heterocycles. The van der Waals surface area contributed by atoms with Crippen molar-refractivity contribution in [3.8, 4) is 0 Å². The van der Waals surface area contributed by atoms with Gasteiger partial charge in [0.1, 0.15) is 5.15 Å².